The number of anilines is 1. The zero-order valence-corrected chi connectivity index (χ0v) is 18.5. The molecule has 166 valence electrons. The average molecular weight is 431 g/mol. The van der Waals surface area contributed by atoms with Gasteiger partial charge in [0.1, 0.15) is 0 Å². The van der Waals surface area contributed by atoms with Gasteiger partial charge in [-0.15, -0.1) is 0 Å². The summed E-state index contributed by atoms with van der Waals surface area (Å²) in [6, 6.07) is 15.7. The molecule has 1 amide bonds. The molecule has 3 aliphatic rings. The van der Waals surface area contributed by atoms with Gasteiger partial charge in [0.25, 0.3) is 0 Å². The largest absolute Gasteiger partial charge is 0.487 e. The van der Waals surface area contributed by atoms with Crippen molar-refractivity contribution in [3.63, 3.8) is 0 Å². The standard InChI is InChI=1S/C27H30N2O3/c28-17-19-6-5-7-22(14-19)29-18-21(16-27(29)30)20-12-13-25(31-23-8-1-2-9-23)26(15-20)32-24-10-3-4-11-24/h5-7,12-15,21,23-24H,1-4,8-11,16,18H2/t21-/m0/s1. The molecule has 2 aliphatic carbocycles. The fourth-order valence-electron chi connectivity index (χ4n) is 5.26. The van der Waals surface area contributed by atoms with Crippen molar-refractivity contribution < 1.29 is 14.3 Å². The van der Waals surface area contributed by atoms with Gasteiger partial charge in [-0.25, -0.2) is 0 Å². The Bertz CT molecular complexity index is 1020. The number of nitriles is 1. The van der Waals surface area contributed by atoms with Crippen molar-refractivity contribution in [3.05, 3.63) is 53.6 Å². The highest BCUT2D eigenvalue weighted by atomic mass is 16.5. The van der Waals surface area contributed by atoms with E-state index in [9.17, 15) is 10.1 Å². The molecule has 1 aliphatic heterocycles. The summed E-state index contributed by atoms with van der Waals surface area (Å²) in [5.41, 5.74) is 2.48. The molecule has 5 rings (SSSR count). The van der Waals surface area contributed by atoms with E-state index in [0.29, 0.717) is 18.5 Å². The molecule has 0 spiro atoms. The predicted molar refractivity (Wildman–Crippen MR) is 123 cm³/mol. The van der Waals surface area contributed by atoms with E-state index in [-0.39, 0.29) is 24.0 Å². The number of carbonyl (C=O) groups excluding carboxylic acids is 1. The molecule has 3 fully saturated rings. The number of rotatable bonds is 6. The lowest BCUT2D eigenvalue weighted by molar-refractivity contribution is -0.117. The van der Waals surface area contributed by atoms with Gasteiger partial charge in [-0.3, -0.25) is 4.79 Å². The van der Waals surface area contributed by atoms with Crippen molar-refractivity contribution in [1.82, 2.24) is 0 Å². The Morgan fingerprint density at radius 2 is 1.56 bits per heavy atom. The lowest BCUT2D eigenvalue weighted by atomic mass is 9.97. The van der Waals surface area contributed by atoms with Crippen LogP contribution in [0.1, 0.15) is 74.8 Å². The van der Waals surface area contributed by atoms with Crippen molar-refractivity contribution in [1.29, 1.82) is 5.26 Å². The molecular formula is C27H30N2O3. The first-order valence-electron chi connectivity index (χ1n) is 12.0. The van der Waals surface area contributed by atoms with Crippen LogP contribution < -0.4 is 14.4 Å². The lowest BCUT2D eigenvalue weighted by Crippen LogP contribution is -2.24. The number of nitrogens with zero attached hydrogens (tertiary/aromatic N) is 2. The van der Waals surface area contributed by atoms with Gasteiger partial charge in [0.05, 0.1) is 23.8 Å². The van der Waals surface area contributed by atoms with Crippen molar-refractivity contribution in [2.75, 3.05) is 11.4 Å². The highest BCUT2D eigenvalue weighted by molar-refractivity contribution is 5.96. The molecule has 5 heteroatoms. The summed E-state index contributed by atoms with van der Waals surface area (Å²) in [7, 11) is 0. The van der Waals surface area contributed by atoms with Gasteiger partial charge in [0, 0.05) is 24.6 Å². The van der Waals surface area contributed by atoms with Gasteiger partial charge in [0.2, 0.25) is 5.91 Å². The maximum absolute atomic E-state index is 12.8. The van der Waals surface area contributed by atoms with Crippen LogP contribution in [0.2, 0.25) is 0 Å². The second-order valence-electron chi connectivity index (χ2n) is 9.32. The van der Waals surface area contributed by atoms with Crippen LogP contribution in [0.3, 0.4) is 0 Å². The van der Waals surface area contributed by atoms with Crippen molar-refractivity contribution in [2.45, 2.75) is 75.9 Å². The molecule has 0 N–H and O–H groups in total. The Morgan fingerprint density at radius 3 is 2.25 bits per heavy atom. The maximum Gasteiger partial charge on any atom is 0.227 e. The predicted octanol–water partition coefficient (Wildman–Crippen LogP) is 5.72. The van der Waals surface area contributed by atoms with Crippen LogP contribution in [0, 0.1) is 11.3 Å². The van der Waals surface area contributed by atoms with E-state index < -0.39 is 0 Å². The lowest BCUT2D eigenvalue weighted by Gasteiger charge is -2.22. The Morgan fingerprint density at radius 1 is 0.875 bits per heavy atom. The van der Waals surface area contributed by atoms with E-state index >= 15 is 0 Å². The zero-order chi connectivity index (χ0) is 21.9. The van der Waals surface area contributed by atoms with Crippen LogP contribution in [0.15, 0.2) is 42.5 Å². The summed E-state index contributed by atoms with van der Waals surface area (Å²) in [5.74, 6) is 1.86. The normalized spacial score (nSPS) is 21.8. The SMILES string of the molecule is N#Cc1cccc(N2C[C@@H](c3ccc(OC4CCCC4)c(OC4CCCC4)c3)CC2=O)c1. The first-order valence-corrected chi connectivity index (χ1v) is 12.0. The van der Waals surface area contributed by atoms with Gasteiger partial charge >= 0.3 is 0 Å². The van der Waals surface area contributed by atoms with Crippen LogP contribution in [0.5, 0.6) is 11.5 Å². The average Bonchev–Trinajstić information content (AvgIpc) is 3.58. The summed E-state index contributed by atoms with van der Waals surface area (Å²) >= 11 is 0. The number of carbonyl (C=O) groups is 1. The Labute approximate surface area is 189 Å². The van der Waals surface area contributed by atoms with Crippen LogP contribution in [0.4, 0.5) is 5.69 Å². The maximum atomic E-state index is 12.8. The highest BCUT2D eigenvalue weighted by Crippen LogP contribution is 2.39. The second kappa shape index (κ2) is 9.24. The first-order chi connectivity index (χ1) is 15.7. The van der Waals surface area contributed by atoms with E-state index in [2.05, 4.69) is 18.2 Å². The van der Waals surface area contributed by atoms with Gasteiger partial charge < -0.3 is 14.4 Å². The molecule has 0 aromatic heterocycles. The van der Waals surface area contributed by atoms with Crippen molar-refractivity contribution in [2.24, 2.45) is 0 Å². The van der Waals surface area contributed by atoms with E-state index in [1.807, 2.05) is 18.2 Å². The highest BCUT2D eigenvalue weighted by Gasteiger charge is 2.33. The molecule has 5 nitrogen and oxygen atoms in total. The smallest absolute Gasteiger partial charge is 0.227 e. The fraction of sp³-hybridized carbons (Fsp3) is 0.481. The molecule has 1 atom stereocenters. The van der Waals surface area contributed by atoms with Crippen LogP contribution in [-0.2, 0) is 4.79 Å². The number of ether oxygens (including phenoxy) is 2. The number of amides is 1. The van der Waals surface area contributed by atoms with E-state index in [4.69, 9.17) is 9.47 Å². The molecule has 0 unspecified atom stereocenters. The molecule has 2 aromatic rings. The van der Waals surface area contributed by atoms with E-state index in [1.54, 1.807) is 17.0 Å². The van der Waals surface area contributed by atoms with Gasteiger partial charge in [-0.1, -0.05) is 12.1 Å². The zero-order valence-electron chi connectivity index (χ0n) is 18.5. The summed E-state index contributed by atoms with van der Waals surface area (Å²) in [6.45, 7) is 0.611. The Balaban J connectivity index is 1.37. The molecule has 1 saturated heterocycles. The van der Waals surface area contributed by atoms with Crippen LogP contribution in [0.25, 0.3) is 0 Å². The van der Waals surface area contributed by atoms with E-state index in [0.717, 1.165) is 48.4 Å². The minimum Gasteiger partial charge on any atom is -0.487 e. The van der Waals surface area contributed by atoms with Crippen LogP contribution >= 0.6 is 0 Å². The third-order valence-electron chi connectivity index (χ3n) is 7.04. The van der Waals surface area contributed by atoms with Crippen LogP contribution in [-0.4, -0.2) is 24.7 Å². The number of hydrogen-bond acceptors (Lipinski definition) is 4. The Kier molecular flexibility index (Phi) is 6.03. The quantitative estimate of drug-likeness (QED) is 0.588. The number of hydrogen-bond donors (Lipinski definition) is 0. The topological polar surface area (TPSA) is 62.6 Å². The molecule has 2 aromatic carbocycles. The van der Waals surface area contributed by atoms with E-state index in [1.165, 1.54) is 25.7 Å². The Hall–Kier alpha value is -3.00. The first kappa shape index (κ1) is 20.9. The molecule has 1 heterocycles. The van der Waals surface area contributed by atoms with Gasteiger partial charge in [-0.05, 0) is 87.3 Å². The van der Waals surface area contributed by atoms with Gasteiger partial charge in [0.15, 0.2) is 11.5 Å². The second-order valence-corrected chi connectivity index (χ2v) is 9.32. The summed E-state index contributed by atoms with van der Waals surface area (Å²) in [6.07, 6.45) is 10.3. The molecule has 0 bridgehead atoms. The minimum absolute atomic E-state index is 0.0923. The van der Waals surface area contributed by atoms with Crippen molar-refractivity contribution >= 4 is 11.6 Å². The monoisotopic (exact) mass is 430 g/mol. The minimum atomic E-state index is 0.0923. The third kappa shape index (κ3) is 4.46. The number of benzene rings is 2. The summed E-state index contributed by atoms with van der Waals surface area (Å²) < 4.78 is 12.8. The molecule has 2 saturated carbocycles. The fourth-order valence-corrected chi connectivity index (χ4v) is 5.26. The molecule has 32 heavy (non-hydrogen) atoms. The third-order valence-corrected chi connectivity index (χ3v) is 7.04. The molecular weight excluding hydrogens is 400 g/mol. The van der Waals surface area contributed by atoms with Crippen molar-refractivity contribution in [3.8, 4) is 17.6 Å². The van der Waals surface area contributed by atoms with Gasteiger partial charge in [-0.2, -0.15) is 5.26 Å². The molecule has 0 radical (unpaired) electrons. The summed E-state index contributed by atoms with van der Waals surface area (Å²) in [5, 5.41) is 9.20. The summed E-state index contributed by atoms with van der Waals surface area (Å²) in [4.78, 5) is 14.6.